The number of benzene rings is 2. The van der Waals surface area contributed by atoms with Gasteiger partial charge < -0.3 is 5.11 Å². The summed E-state index contributed by atoms with van der Waals surface area (Å²) in [5.74, 6) is -0.949. The van der Waals surface area contributed by atoms with Crippen molar-refractivity contribution in [2.45, 2.75) is 19.3 Å². The van der Waals surface area contributed by atoms with Crippen molar-refractivity contribution in [2.75, 3.05) is 0 Å². The first-order valence-electron chi connectivity index (χ1n) is 7.14. The van der Waals surface area contributed by atoms with Crippen LogP contribution in [0.2, 0.25) is 0 Å². The second-order valence-corrected chi connectivity index (χ2v) is 5.73. The van der Waals surface area contributed by atoms with Gasteiger partial charge in [0.25, 0.3) is 0 Å². The van der Waals surface area contributed by atoms with Gasteiger partial charge in [0, 0.05) is 5.41 Å². The third-order valence-corrected chi connectivity index (χ3v) is 4.01. The summed E-state index contributed by atoms with van der Waals surface area (Å²) in [5, 5.41) is 9.27. The normalized spacial score (nSPS) is 11.0. The molecule has 0 heterocycles. The van der Waals surface area contributed by atoms with E-state index in [0.29, 0.717) is 0 Å². The molecule has 0 aromatic heterocycles. The van der Waals surface area contributed by atoms with Crippen LogP contribution < -0.4 is 0 Å². The van der Waals surface area contributed by atoms with Crippen molar-refractivity contribution in [1.82, 2.24) is 0 Å². The molecule has 0 radical (unpaired) electrons. The van der Waals surface area contributed by atoms with Gasteiger partial charge in [-0.05, 0) is 34.4 Å². The van der Waals surface area contributed by atoms with Crippen molar-refractivity contribution in [2.24, 2.45) is 0 Å². The Hall–Kier alpha value is -2.61. The van der Waals surface area contributed by atoms with Gasteiger partial charge in [-0.25, -0.2) is 4.79 Å². The molecule has 112 valence electrons. The van der Waals surface area contributed by atoms with E-state index in [0.717, 1.165) is 22.3 Å². The number of hydrogen-bond acceptors (Lipinski definition) is 1. The summed E-state index contributed by atoms with van der Waals surface area (Å²) >= 11 is 0. The van der Waals surface area contributed by atoms with Crippen molar-refractivity contribution in [3.05, 3.63) is 83.4 Å². The molecule has 0 saturated carbocycles. The minimum atomic E-state index is -0.949. The maximum absolute atomic E-state index is 11.3. The van der Waals surface area contributed by atoms with Gasteiger partial charge in [0.1, 0.15) is 0 Å². The molecule has 22 heavy (non-hydrogen) atoms. The Morgan fingerprint density at radius 2 is 1.55 bits per heavy atom. The van der Waals surface area contributed by atoms with Gasteiger partial charge in [0.2, 0.25) is 0 Å². The van der Waals surface area contributed by atoms with Crippen LogP contribution in [0.25, 0.3) is 12.2 Å². The van der Waals surface area contributed by atoms with Gasteiger partial charge in [0.15, 0.2) is 0 Å². The van der Waals surface area contributed by atoms with Crippen LogP contribution in [0, 0.1) is 0 Å². The number of carboxylic acid groups (broad SMARTS) is 1. The van der Waals surface area contributed by atoms with Crippen LogP contribution in [0.1, 0.15) is 46.5 Å². The minimum absolute atomic E-state index is 0.248. The summed E-state index contributed by atoms with van der Waals surface area (Å²) in [6.45, 7) is 11.9. The first kappa shape index (κ1) is 15.8. The summed E-state index contributed by atoms with van der Waals surface area (Å²) in [4.78, 5) is 11.3. The van der Waals surface area contributed by atoms with E-state index >= 15 is 0 Å². The summed E-state index contributed by atoms with van der Waals surface area (Å²) in [5.41, 5.74) is 3.80. The lowest BCUT2D eigenvalue weighted by Crippen LogP contribution is -2.22. The predicted octanol–water partition coefficient (Wildman–Crippen LogP) is 5.00. The highest BCUT2D eigenvalue weighted by atomic mass is 16.4. The fraction of sp³-hybridized carbons (Fsp3) is 0.150. The van der Waals surface area contributed by atoms with E-state index in [-0.39, 0.29) is 11.0 Å². The van der Waals surface area contributed by atoms with Crippen LogP contribution >= 0.6 is 0 Å². The molecule has 2 aromatic carbocycles. The van der Waals surface area contributed by atoms with E-state index < -0.39 is 5.97 Å². The number of carboxylic acids is 1. The zero-order chi connectivity index (χ0) is 16.3. The lowest BCUT2D eigenvalue weighted by molar-refractivity contribution is 0.0696. The average molecular weight is 292 g/mol. The summed E-state index contributed by atoms with van der Waals surface area (Å²) in [7, 11) is 0. The van der Waals surface area contributed by atoms with Gasteiger partial charge in [-0.15, -0.1) is 0 Å². The highest BCUT2D eigenvalue weighted by molar-refractivity contribution is 5.90. The lowest BCUT2D eigenvalue weighted by Gasteiger charge is -2.30. The molecule has 0 aliphatic rings. The Morgan fingerprint density at radius 3 is 1.95 bits per heavy atom. The highest BCUT2D eigenvalue weighted by Gasteiger charge is 2.28. The molecule has 2 aromatic rings. The molecular formula is C20H20O2. The Kier molecular flexibility index (Phi) is 4.32. The Balaban J connectivity index is 2.76. The number of hydrogen-bond donors (Lipinski definition) is 1. The smallest absolute Gasteiger partial charge is 0.335 e. The zero-order valence-electron chi connectivity index (χ0n) is 13.0. The van der Waals surface area contributed by atoms with Crippen LogP contribution in [0.5, 0.6) is 0 Å². The molecule has 0 fully saturated rings. The zero-order valence-corrected chi connectivity index (χ0v) is 13.0. The molecule has 2 rings (SSSR count). The van der Waals surface area contributed by atoms with Crippen LogP contribution in [0.3, 0.4) is 0 Å². The second kappa shape index (κ2) is 6.02. The largest absolute Gasteiger partial charge is 0.478 e. The first-order valence-corrected chi connectivity index (χ1v) is 7.14. The summed E-state index contributed by atoms with van der Waals surface area (Å²) < 4.78 is 0. The Morgan fingerprint density at radius 1 is 1.05 bits per heavy atom. The van der Waals surface area contributed by atoms with E-state index in [1.165, 1.54) is 0 Å². The third kappa shape index (κ3) is 2.73. The van der Waals surface area contributed by atoms with E-state index in [2.05, 4.69) is 39.1 Å². The van der Waals surface area contributed by atoms with Crippen LogP contribution in [-0.2, 0) is 5.41 Å². The molecule has 2 nitrogen and oxygen atoms in total. The number of aromatic carboxylic acids is 1. The van der Waals surface area contributed by atoms with Crippen molar-refractivity contribution in [1.29, 1.82) is 0 Å². The lowest BCUT2D eigenvalue weighted by atomic mass is 9.73. The maximum Gasteiger partial charge on any atom is 0.335 e. The van der Waals surface area contributed by atoms with E-state index in [1.54, 1.807) is 24.3 Å². The molecule has 2 heteroatoms. The summed E-state index contributed by atoms with van der Waals surface area (Å²) in [6, 6.07) is 13.5. The molecule has 0 bridgehead atoms. The molecule has 0 aliphatic heterocycles. The minimum Gasteiger partial charge on any atom is -0.478 e. The summed E-state index contributed by atoms with van der Waals surface area (Å²) in [6.07, 6.45) is 3.42. The number of carbonyl (C=O) groups is 1. The molecule has 0 spiro atoms. The SMILES string of the molecule is C=Cc1cc(C(=O)O)cc(C=C)c1C(C)(C)c1ccccc1. The van der Waals surface area contributed by atoms with Crippen molar-refractivity contribution in [3.8, 4) is 0 Å². The van der Waals surface area contributed by atoms with Gasteiger partial charge >= 0.3 is 5.97 Å². The van der Waals surface area contributed by atoms with Crippen LogP contribution in [0.15, 0.2) is 55.6 Å². The fourth-order valence-corrected chi connectivity index (χ4v) is 2.85. The van der Waals surface area contributed by atoms with E-state index in [9.17, 15) is 9.90 Å². The van der Waals surface area contributed by atoms with E-state index in [4.69, 9.17) is 0 Å². The molecule has 0 saturated heterocycles. The van der Waals surface area contributed by atoms with Gasteiger partial charge in [-0.1, -0.05) is 69.5 Å². The second-order valence-electron chi connectivity index (χ2n) is 5.73. The van der Waals surface area contributed by atoms with Crippen LogP contribution in [-0.4, -0.2) is 11.1 Å². The monoisotopic (exact) mass is 292 g/mol. The quantitative estimate of drug-likeness (QED) is 0.842. The topological polar surface area (TPSA) is 37.3 Å². The molecule has 0 amide bonds. The van der Waals surface area contributed by atoms with Crippen molar-refractivity contribution < 1.29 is 9.90 Å². The standard InChI is InChI=1S/C20H20O2/c1-5-14-12-16(19(21)22)13-15(6-2)18(14)20(3,4)17-10-8-7-9-11-17/h5-13H,1-2H2,3-4H3,(H,21,22). The molecule has 1 N–H and O–H groups in total. The van der Waals surface area contributed by atoms with Gasteiger partial charge in [0.05, 0.1) is 5.56 Å². The average Bonchev–Trinajstić information content (AvgIpc) is 2.54. The maximum atomic E-state index is 11.3. The third-order valence-electron chi connectivity index (χ3n) is 4.01. The molecular weight excluding hydrogens is 272 g/mol. The predicted molar refractivity (Wildman–Crippen MR) is 92.2 cm³/mol. The Bertz CT molecular complexity index is 696. The molecule has 0 atom stereocenters. The molecule has 0 aliphatic carbocycles. The van der Waals surface area contributed by atoms with E-state index in [1.807, 2.05) is 18.2 Å². The fourth-order valence-electron chi connectivity index (χ4n) is 2.85. The first-order chi connectivity index (χ1) is 10.4. The number of rotatable bonds is 5. The molecule has 0 unspecified atom stereocenters. The van der Waals surface area contributed by atoms with Gasteiger partial charge in [-0.2, -0.15) is 0 Å². The van der Waals surface area contributed by atoms with Crippen molar-refractivity contribution >= 4 is 18.1 Å². The van der Waals surface area contributed by atoms with Crippen LogP contribution in [0.4, 0.5) is 0 Å². The van der Waals surface area contributed by atoms with Gasteiger partial charge in [-0.3, -0.25) is 0 Å². The Labute approximate surface area is 131 Å². The highest BCUT2D eigenvalue weighted by Crippen LogP contribution is 2.37. The van der Waals surface area contributed by atoms with Crippen molar-refractivity contribution in [3.63, 3.8) is 0 Å².